The average molecular weight is 257 g/mol. The molecule has 0 atom stereocenters. The summed E-state index contributed by atoms with van der Waals surface area (Å²) in [7, 11) is 4.11. The van der Waals surface area contributed by atoms with Crippen molar-refractivity contribution in [3.63, 3.8) is 0 Å². The summed E-state index contributed by atoms with van der Waals surface area (Å²) in [5.41, 5.74) is 0. The summed E-state index contributed by atoms with van der Waals surface area (Å²) in [5.74, 6) is -0.394. The van der Waals surface area contributed by atoms with Crippen LogP contribution in [-0.4, -0.2) is 68.2 Å². The zero-order valence-electron chi connectivity index (χ0n) is 11.4. The van der Waals surface area contributed by atoms with Gasteiger partial charge in [0, 0.05) is 19.1 Å². The zero-order valence-corrected chi connectivity index (χ0v) is 11.4. The molecule has 1 aliphatic rings. The number of likely N-dealkylation sites (tertiary alicyclic amines) is 1. The Bertz CT molecular complexity index is 286. The first kappa shape index (κ1) is 14.8. The topological polar surface area (TPSA) is 61.9 Å². The molecule has 6 nitrogen and oxygen atoms in total. The number of amides is 2. The summed E-state index contributed by atoms with van der Waals surface area (Å²) in [6.45, 7) is 3.49. The van der Waals surface area contributed by atoms with Gasteiger partial charge >= 0.3 is 12.0 Å². The Morgan fingerprint density at radius 1 is 1.33 bits per heavy atom. The van der Waals surface area contributed by atoms with E-state index in [4.69, 9.17) is 4.74 Å². The number of esters is 1. The van der Waals surface area contributed by atoms with Gasteiger partial charge in [-0.3, -0.25) is 4.79 Å². The average Bonchev–Trinajstić information content (AvgIpc) is 2.36. The maximum Gasteiger partial charge on any atom is 0.325 e. The molecule has 1 saturated heterocycles. The molecule has 0 spiro atoms. The van der Waals surface area contributed by atoms with E-state index in [0.29, 0.717) is 12.6 Å². The predicted octanol–water partition coefficient (Wildman–Crippen LogP) is 0.285. The fourth-order valence-corrected chi connectivity index (χ4v) is 2.06. The van der Waals surface area contributed by atoms with E-state index in [-0.39, 0.29) is 12.6 Å². The number of piperidine rings is 1. The van der Waals surface area contributed by atoms with Gasteiger partial charge in [-0.2, -0.15) is 0 Å². The monoisotopic (exact) mass is 257 g/mol. The highest BCUT2D eigenvalue weighted by molar-refractivity contribution is 5.80. The minimum atomic E-state index is -0.394. The van der Waals surface area contributed by atoms with Crippen LogP contribution in [0.2, 0.25) is 0 Å². The number of urea groups is 1. The molecule has 0 aromatic rings. The molecule has 0 saturated carbocycles. The quantitative estimate of drug-likeness (QED) is 0.735. The lowest BCUT2D eigenvalue weighted by molar-refractivity contribution is -0.141. The van der Waals surface area contributed by atoms with Crippen LogP contribution in [0, 0.1) is 0 Å². The van der Waals surface area contributed by atoms with Crippen molar-refractivity contribution >= 4 is 12.0 Å². The van der Waals surface area contributed by atoms with Crippen LogP contribution in [-0.2, 0) is 9.53 Å². The van der Waals surface area contributed by atoms with Gasteiger partial charge in [0.05, 0.1) is 6.61 Å². The second kappa shape index (κ2) is 7.20. The first-order chi connectivity index (χ1) is 8.54. The maximum atomic E-state index is 11.8. The van der Waals surface area contributed by atoms with Crippen molar-refractivity contribution in [2.24, 2.45) is 0 Å². The van der Waals surface area contributed by atoms with Crippen LogP contribution < -0.4 is 5.32 Å². The van der Waals surface area contributed by atoms with Crippen molar-refractivity contribution in [2.75, 3.05) is 40.3 Å². The fourth-order valence-electron chi connectivity index (χ4n) is 2.06. The van der Waals surface area contributed by atoms with Gasteiger partial charge in [0.15, 0.2) is 0 Å². The van der Waals surface area contributed by atoms with E-state index < -0.39 is 5.97 Å². The molecular formula is C12H23N3O3. The van der Waals surface area contributed by atoms with E-state index in [1.54, 1.807) is 11.8 Å². The number of carbonyl (C=O) groups is 2. The van der Waals surface area contributed by atoms with Crippen LogP contribution >= 0.6 is 0 Å². The van der Waals surface area contributed by atoms with Crippen molar-refractivity contribution in [1.82, 2.24) is 15.1 Å². The first-order valence-electron chi connectivity index (χ1n) is 6.39. The number of rotatable bonds is 4. The minimum absolute atomic E-state index is 0.0553. The molecule has 0 aromatic heterocycles. The Morgan fingerprint density at radius 3 is 2.44 bits per heavy atom. The smallest absolute Gasteiger partial charge is 0.325 e. The Morgan fingerprint density at radius 2 is 1.94 bits per heavy atom. The van der Waals surface area contributed by atoms with Crippen molar-refractivity contribution < 1.29 is 14.3 Å². The summed E-state index contributed by atoms with van der Waals surface area (Å²) in [6, 6.07) is 0.361. The van der Waals surface area contributed by atoms with E-state index in [9.17, 15) is 9.59 Å². The van der Waals surface area contributed by atoms with Crippen LogP contribution in [0.5, 0.6) is 0 Å². The highest BCUT2D eigenvalue weighted by atomic mass is 16.5. The molecule has 6 heteroatoms. The van der Waals surface area contributed by atoms with Crippen LogP contribution in [0.3, 0.4) is 0 Å². The number of nitrogens with one attached hydrogen (secondary N) is 1. The lowest BCUT2D eigenvalue weighted by atomic mass is 10.0. The molecular weight excluding hydrogens is 234 g/mol. The van der Waals surface area contributed by atoms with E-state index in [0.717, 1.165) is 25.9 Å². The summed E-state index contributed by atoms with van der Waals surface area (Å²) in [6.07, 6.45) is 1.94. The van der Waals surface area contributed by atoms with E-state index in [2.05, 4.69) is 24.3 Å². The number of ether oxygens (including phenoxy) is 1. The second-order valence-electron chi connectivity index (χ2n) is 4.65. The Hall–Kier alpha value is -1.30. The van der Waals surface area contributed by atoms with Gasteiger partial charge in [0.1, 0.15) is 6.54 Å². The van der Waals surface area contributed by atoms with Crippen molar-refractivity contribution in [1.29, 1.82) is 0 Å². The summed E-state index contributed by atoms with van der Waals surface area (Å²) >= 11 is 0. The first-order valence-corrected chi connectivity index (χ1v) is 6.39. The molecule has 0 unspecified atom stereocenters. The number of carbonyl (C=O) groups excluding carboxylic acids is 2. The number of nitrogens with zero attached hydrogens (tertiary/aromatic N) is 2. The third-order valence-corrected chi connectivity index (χ3v) is 3.17. The molecule has 1 fully saturated rings. The van der Waals surface area contributed by atoms with Crippen molar-refractivity contribution in [2.45, 2.75) is 25.8 Å². The normalized spacial score (nSPS) is 16.8. The van der Waals surface area contributed by atoms with Crippen molar-refractivity contribution in [3.8, 4) is 0 Å². The molecule has 104 valence electrons. The molecule has 0 aromatic carbocycles. The van der Waals surface area contributed by atoms with E-state index >= 15 is 0 Å². The Kier molecular flexibility index (Phi) is 5.91. The lowest BCUT2D eigenvalue weighted by Crippen LogP contribution is -2.49. The van der Waals surface area contributed by atoms with Gasteiger partial charge < -0.3 is 19.9 Å². The van der Waals surface area contributed by atoms with Gasteiger partial charge in [-0.25, -0.2) is 4.79 Å². The molecule has 1 aliphatic heterocycles. The Labute approximate surface area is 108 Å². The third-order valence-electron chi connectivity index (χ3n) is 3.17. The SMILES string of the molecule is CCOC(=O)CNC(=O)N1CCC(N(C)C)CC1. The van der Waals surface area contributed by atoms with Crippen LogP contribution in [0.15, 0.2) is 0 Å². The Balaban J connectivity index is 2.26. The van der Waals surface area contributed by atoms with E-state index in [1.165, 1.54) is 0 Å². The number of hydrogen-bond acceptors (Lipinski definition) is 4. The maximum absolute atomic E-state index is 11.8. The van der Waals surface area contributed by atoms with Gasteiger partial charge in [-0.1, -0.05) is 0 Å². The molecule has 2 amide bonds. The number of hydrogen-bond donors (Lipinski definition) is 1. The lowest BCUT2D eigenvalue weighted by Gasteiger charge is -2.35. The van der Waals surface area contributed by atoms with Gasteiger partial charge in [-0.15, -0.1) is 0 Å². The molecule has 18 heavy (non-hydrogen) atoms. The zero-order chi connectivity index (χ0) is 13.5. The minimum Gasteiger partial charge on any atom is -0.465 e. The predicted molar refractivity (Wildman–Crippen MR) is 68.3 cm³/mol. The summed E-state index contributed by atoms with van der Waals surface area (Å²) in [4.78, 5) is 26.8. The summed E-state index contributed by atoms with van der Waals surface area (Å²) < 4.78 is 4.75. The van der Waals surface area contributed by atoms with Gasteiger partial charge in [0.2, 0.25) is 0 Å². The fraction of sp³-hybridized carbons (Fsp3) is 0.833. The van der Waals surface area contributed by atoms with Crippen molar-refractivity contribution in [3.05, 3.63) is 0 Å². The van der Waals surface area contributed by atoms with Gasteiger partial charge in [-0.05, 0) is 33.9 Å². The molecule has 0 bridgehead atoms. The largest absolute Gasteiger partial charge is 0.465 e. The van der Waals surface area contributed by atoms with E-state index in [1.807, 2.05) is 0 Å². The second-order valence-corrected chi connectivity index (χ2v) is 4.65. The summed E-state index contributed by atoms with van der Waals surface area (Å²) in [5, 5.41) is 2.58. The molecule has 0 aliphatic carbocycles. The third kappa shape index (κ3) is 4.52. The van der Waals surface area contributed by atoms with Crippen LogP contribution in [0.25, 0.3) is 0 Å². The molecule has 1 heterocycles. The molecule has 1 rings (SSSR count). The van der Waals surface area contributed by atoms with Crippen LogP contribution in [0.4, 0.5) is 4.79 Å². The standard InChI is InChI=1S/C12H23N3O3/c1-4-18-11(16)9-13-12(17)15-7-5-10(6-8-15)14(2)3/h10H,4-9H2,1-3H3,(H,13,17). The highest BCUT2D eigenvalue weighted by Crippen LogP contribution is 2.13. The van der Waals surface area contributed by atoms with Crippen LogP contribution in [0.1, 0.15) is 19.8 Å². The molecule has 0 radical (unpaired) electrons. The molecule has 1 N–H and O–H groups in total. The highest BCUT2D eigenvalue weighted by Gasteiger charge is 2.23. The van der Waals surface area contributed by atoms with Gasteiger partial charge in [0.25, 0.3) is 0 Å².